The summed E-state index contributed by atoms with van der Waals surface area (Å²) in [6.45, 7) is 6.52. The van der Waals surface area contributed by atoms with E-state index < -0.39 is 5.91 Å². The van der Waals surface area contributed by atoms with E-state index in [0.29, 0.717) is 22.7 Å². The lowest BCUT2D eigenvalue weighted by atomic mass is 10.2. The number of hydrogen-bond acceptors (Lipinski definition) is 4. The van der Waals surface area contributed by atoms with Gasteiger partial charge >= 0.3 is 5.91 Å². The highest BCUT2D eigenvalue weighted by molar-refractivity contribution is 7.16. The number of aromatic nitrogens is 1. The molecule has 0 fully saturated rings. The second kappa shape index (κ2) is 7.48. The Morgan fingerprint density at radius 2 is 2.18 bits per heavy atom. The Kier molecular flexibility index (Phi) is 4.88. The van der Waals surface area contributed by atoms with Crippen molar-refractivity contribution in [3.8, 4) is 5.75 Å². The second-order valence-electron chi connectivity index (χ2n) is 6.35. The van der Waals surface area contributed by atoms with Crippen LogP contribution in [0.1, 0.15) is 23.0 Å². The third-order valence-corrected chi connectivity index (χ3v) is 5.64. The van der Waals surface area contributed by atoms with Crippen molar-refractivity contribution in [3.63, 3.8) is 0 Å². The largest absolute Gasteiger partial charge is 0.493 e. The monoisotopic (exact) mass is 392 g/mol. The number of carbonyl (C=O) groups is 1. The van der Waals surface area contributed by atoms with Gasteiger partial charge in [0.1, 0.15) is 0 Å². The molecule has 0 N–H and O–H groups in total. The van der Waals surface area contributed by atoms with E-state index in [0.717, 1.165) is 22.0 Å². The standard InChI is InChI=1S/C22H20N2O3S/c1-4-11-24-16-10-9-14(5-2)12-19(16)28-22(24)23-21(25)18-13-15-7-6-8-17(26-3)20(15)27-18/h4,6-10,12-13H,1,5,11H2,2-3H3. The zero-order valence-electron chi connectivity index (χ0n) is 15.8. The van der Waals surface area contributed by atoms with Gasteiger partial charge in [-0.15, -0.1) is 6.58 Å². The summed E-state index contributed by atoms with van der Waals surface area (Å²) in [5.41, 5.74) is 2.84. The summed E-state index contributed by atoms with van der Waals surface area (Å²) in [6.07, 6.45) is 2.76. The van der Waals surface area contributed by atoms with Crippen LogP contribution in [-0.2, 0) is 13.0 Å². The summed E-state index contributed by atoms with van der Waals surface area (Å²) in [5, 5.41) is 0.806. The number of para-hydroxylation sites is 1. The molecule has 2 aromatic heterocycles. The Morgan fingerprint density at radius 1 is 1.32 bits per heavy atom. The molecule has 4 rings (SSSR count). The molecule has 0 aliphatic heterocycles. The third-order valence-electron chi connectivity index (χ3n) is 4.60. The average molecular weight is 392 g/mol. The predicted octanol–water partition coefficient (Wildman–Crippen LogP) is 4.95. The van der Waals surface area contributed by atoms with Crippen molar-refractivity contribution in [2.75, 3.05) is 7.11 Å². The van der Waals surface area contributed by atoms with Gasteiger partial charge in [0.25, 0.3) is 0 Å². The SMILES string of the molecule is C=CCn1c(=NC(=O)c2cc3cccc(OC)c3o2)sc2cc(CC)ccc21. The lowest BCUT2D eigenvalue weighted by molar-refractivity contribution is 0.0973. The molecule has 0 aliphatic rings. The number of thiazole rings is 1. The number of furan rings is 1. The summed E-state index contributed by atoms with van der Waals surface area (Å²) in [6, 6.07) is 13.6. The molecule has 2 aromatic carbocycles. The minimum Gasteiger partial charge on any atom is -0.493 e. The Hall–Kier alpha value is -3.12. The second-order valence-corrected chi connectivity index (χ2v) is 7.35. The topological polar surface area (TPSA) is 56.7 Å². The molecule has 0 radical (unpaired) electrons. The number of amides is 1. The maximum absolute atomic E-state index is 12.8. The molecule has 5 nitrogen and oxygen atoms in total. The molecule has 0 aliphatic carbocycles. The van der Waals surface area contributed by atoms with Gasteiger partial charge in [0, 0.05) is 11.9 Å². The first-order chi connectivity index (χ1) is 13.6. The van der Waals surface area contributed by atoms with Gasteiger partial charge in [-0.25, -0.2) is 0 Å². The van der Waals surface area contributed by atoms with Crippen LogP contribution in [0.15, 0.2) is 64.5 Å². The van der Waals surface area contributed by atoms with Crippen LogP contribution >= 0.6 is 11.3 Å². The molecule has 0 saturated carbocycles. The fourth-order valence-corrected chi connectivity index (χ4v) is 4.27. The number of aryl methyl sites for hydroxylation is 1. The molecule has 4 aromatic rings. The Labute approximate surface area is 166 Å². The summed E-state index contributed by atoms with van der Waals surface area (Å²) in [5.74, 6) is 0.363. The molecule has 0 unspecified atom stereocenters. The first-order valence-electron chi connectivity index (χ1n) is 9.03. The normalized spacial score (nSPS) is 12.0. The summed E-state index contributed by atoms with van der Waals surface area (Å²) in [7, 11) is 1.57. The Bertz CT molecular complexity index is 1260. The van der Waals surface area contributed by atoms with Gasteiger partial charge in [-0.2, -0.15) is 4.99 Å². The molecule has 6 heteroatoms. The first kappa shape index (κ1) is 18.3. The summed E-state index contributed by atoms with van der Waals surface area (Å²) < 4.78 is 14.1. The van der Waals surface area contributed by atoms with Crippen molar-refractivity contribution in [2.45, 2.75) is 19.9 Å². The average Bonchev–Trinajstić information content (AvgIpc) is 3.29. The van der Waals surface area contributed by atoms with Gasteiger partial charge in [-0.3, -0.25) is 4.79 Å². The molecule has 0 saturated heterocycles. The van der Waals surface area contributed by atoms with Crippen molar-refractivity contribution in [1.82, 2.24) is 4.57 Å². The summed E-state index contributed by atoms with van der Waals surface area (Å²) >= 11 is 1.49. The van der Waals surface area contributed by atoms with E-state index in [4.69, 9.17) is 9.15 Å². The molecule has 0 spiro atoms. The van der Waals surface area contributed by atoms with Gasteiger partial charge in [-0.1, -0.05) is 42.5 Å². The number of ether oxygens (including phenoxy) is 1. The van der Waals surface area contributed by atoms with E-state index in [1.807, 2.05) is 16.7 Å². The van der Waals surface area contributed by atoms with Gasteiger partial charge in [-0.05, 0) is 36.2 Å². The van der Waals surface area contributed by atoms with Crippen LogP contribution in [0.2, 0.25) is 0 Å². The smallest absolute Gasteiger partial charge is 0.315 e. The molecule has 2 heterocycles. The van der Waals surface area contributed by atoms with Crippen LogP contribution in [0.5, 0.6) is 5.75 Å². The van der Waals surface area contributed by atoms with Crippen molar-refractivity contribution in [3.05, 3.63) is 71.2 Å². The minimum atomic E-state index is -0.418. The quantitative estimate of drug-likeness (QED) is 0.452. The highest BCUT2D eigenvalue weighted by Gasteiger charge is 2.15. The van der Waals surface area contributed by atoms with E-state index in [1.165, 1.54) is 16.9 Å². The zero-order valence-corrected chi connectivity index (χ0v) is 16.6. The summed E-state index contributed by atoms with van der Waals surface area (Å²) in [4.78, 5) is 17.8. The Balaban J connectivity index is 1.83. The molecular weight excluding hydrogens is 372 g/mol. The first-order valence-corrected chi connectivity index (χ1v) is 9.85. The van der Waals surface area contributed by atoms with Crippen LogP contribution in [-0.4, -0.2) is 17.6 Å². The molecule has 0 atom stereocenters. The van der Waals surface area contributed by atoms with Crippen LogP contribution < -0.4 is 9.54 Å². The number of carbonyl (C=O) groups excluding carboxylic acids is 1. The minimum absolute atomic E-state index is 0.191. The predicted molar refractivity (Wildman–Crippen MR) is 112 cm³/mol. The van der Waals surface area contributed by atoms with Crippen molar-refractivity contribution < 1.29 is 13.9 Å². The number of rotatable bonds is 5. The van der Waals surface area contributed by atoms with E-state index in [9.17, 15) is 4.79 Å². The van der Waals surface area contributed by atoms with Crippen LogP contribution in [0.3, 0.4) is 0 Å². The van der Waals surface area contributed by atoms with Crippen molar-refractivity contribution in [2.24, 2.45) is 4.99 Å². The maximum Gasteiger partial charge on any atom is 0.315 e. The molecule has 142 valence electrons. The lowest BCUT2D eigenvalue weighted by Crippen LogP contribution is -2.16. The van der Waals surface area contributed by atoms with E-state index in [2.05, 4.69) is 36.7 Å². The van der Waals surface area contributed by atoms with Crippen LogP contribution in [0, 0.1) is 0 Å². The third kappa shape index (κ3) is 3.16. The fourth-order valence-electron chi connectivity index (χ4n) is 3.17. The van der Waals surface area contributed by atoms with Gasteiger partial charge < -0.3 is 13.7 Å². The van der Waals surface area contributed by atoms with E-state index in [-0.39, 0.29) is 5.76 Å². The molecule has 0 bridgehead atoms. The van der Waals surface area contributed by atoms with E-state index in [1.54, 1.807) is 25.3 Å². The number of hydrogen-bond donors (Lipinski definition) is 0. The van der Waals surface area contributed by atoms with Gasteiger partial charge in [0.2, 0.25) is 0 Å². The Morgan fingerprint density at radius 3 is 2.93 bits per heavy atom. The molecular formula is C22H20N2O3S. The lowest BCUT2D eigenvalue weighted by Gasteiger charge is -2.01. The highest BCUT2D eigenvalue weighted by atomic mass is 32.1. The molecule has 1 amide bonds. The molecule has 28 heavy (non-hydrogen) atoms. The maximum atomic E-state index is 12.8. The number of methoxy groups -OCH3 is 1. The van der Waals surface area contributed by atoms with Gasteiger partial charge in [0.05, 0.1) is 17.3 Å². The number of allylic oxidation sites excluding steroid dienone is 1. The van der Waals surface area contributed by atoms with Crippen molar-refractivity contribution in [1.29, 1.82) is 0 Å². The van der Waals surface area contributed by atoms with Gasteiger partial charge in [0.15, 0.2) is 21.9 Å². The zero-order chi connectivity index (χ0) is 19.7. The number of nitrogens with zero attached hydrogens (tertiary/aromatic N) is 2. The fraction of sp³-hybridized carbons (Fsp3) is 0.182. The van der Waals surface area contributed by atoms with Crippen LogP contribution in [0.4, 0.5) is 0 Å². The van der Waals surface area contributed by atoms with Crippen molar-refractivity contribution >= 4 is 38.4 Å². The number of benzene rings is 2. The highest BCUT2D eigenvalue weighted by Crippen LogP contribution is 2.28. The van der Waals surface area contributed by atoms with E-state index >= 15 is 0 Å². The number of fused-ring (bicyclic) bond motifs is 2. The van der Waals surface area contributed by atoms with Crippen LogP contribution in [0.25, 0.3) is 21.2 Å².